The Hall–Kier alpha value is -6.11. The molecule has 48 heavy (non-hydrogen) atoms. The van der Waals surface area contributed by atoms with Crippen LogP contribution < -0.4 is 5.32 Å². The van der Waals surface area contributed by atoms with Crippen molar-refractivity contribution in [1.82, 2.24) is 10.3 Å². The van der Waals surface area contributed by atoms with Crippen molar-refractivity contribution in [2.45, 2.75) is 6.17 Å². The van der Waals surface area contributed by atoms with E-state index >= 15 is 0 Å². The van der Waals surface area contributed by atoms with Gasteiger partial charge in [0.2, 0.25) is 0 Å². The lowest BCUT2D eigenvalue weighted by Gasteiger charge is -2.24. The zero-order valence-corrected chi connectivity index (χ0v) is 26.4. The van der Waals surface area contributed by atoms with Crippen LogP contribution in [-0.2, 0) is 0 Å². The molecule has 226 valence electrons. The fourth-order valence-electron chi connectivity index (χ4n) is 6.95. The summed E-state index contributed by atoms with van der Waals surface area (Å²) in [5.74, 6) is 1.43. The standard InChI is InChI=1S/C42H26N4OS/c1-2-10-26(11-3-1)40-44-41(28-18-17-25-9-4-5-12-27(25)23-28)46-42(45-40)34-20-19-30(38-37(34)33-21-22-43-24-35(33)47-38)32-15-8-14-31-29-13-6-7-16-36(29)48-39(31)32/h1-24,41H,(H,44,45,46). The van der Waals surface area contributed by atoms with Gasteiger partial charge in [0.15, 0.2) is 11.4 Å². The summed E-state index contributed by atoms with van der Waals surface area (Å²) in [4.78, 5) is 14.7. The maximum atomic E-state index is 6.69. The van der Waals surface area contributed by atoms with Crippen LogP contribution in [0.3, 0.4) is 0 Å². The molecule has 1 aliphatic heterocycles. The Morgan fingerprint density at radius 1 is 0.646 bits per heavy atom. The minimum atomic E-state index is -0.334. The van der Waals surface area contributed by atoms with Gasteiger partial charge in [-0.25, -0.2) is 9.98 Å². The molecule has 1 N–H and O–H groups in total. The van der Waals surface area contributed by atoms with Crippen LogP contribution in [0.25, 0.3) is 64.0 Å². The van der Waals surface area contributed by atoms with E-state index in [1.165, 1.54) is 30.9 Å². The summed E-state index contributed by atoms with van der Waals surface area (Å²) >= 11 is 1.82. The number of fused-ring (bicyclic) bond motifs is 7. The molecular formula is C42H26N4OS. The molecule has 1 aliphatic rings. The summed E-state index contributed by atoms with van der Waals surface area (Å²) in [6.07, 6.45) is 3.29. The van der Waals surface area contributed by atoms with Crippen molar-refractivity contribution >= 4 is 75.9 Å². The molecule has 0 radical (unpaired) electrons. The van der Waals surface area contributed by atoms with Crippen molar-refractivity contribution in [1.29, 1.82) is 0 Å². The fourth-order valence-corrected chi connectivity index (χ4v) is 8.18. The fraction of sp³-hybridized carbons (Fsp3) is 0.0238. The van der Waals surface area contributed by atoms with E-state index in [4.69, 9.17) is 14.4 Å². The van der Waals surface area contributed by atoms with Gasteiger partial charge in [-0.15, -0.1) is 11.3 Å². The molecule has 1 atom stereocenters. The van der Waals surface area contributed by atoms with E-state index < -0.39 is 0 Å². The lowest BCUT2D eigenvalue weighted by molar-refractivity contribution is 0.667. The molecule has 0 aliphatic carbocycles. The maximum Gasteiger partial charge on any atom is 0.159 e. The molecule has 6 heteroatoms. The zero-order chi connectivity index (χ0) is 31.6. The minimum Gasteiger partial charge on any atom is -0.454 e. The predicted molar refractivity (Wildman–Crippen MR) is 199 cm³/mol. The van der Waals surface area contributed by atoms with Crippen molar-refractivity contribution in [3.05, 3.63) is 163 Å². The van der Waals surface area contributed by atoms with Gasteiger partial charge in [-0.1, -0.05) is 103 Å². The van der Waals surface area contributed by atoms with E-state index in [9.17, 15) is 0 Å². The molecule has 4 heterocycles. The Kier molecular flexibility index (Phi) is 6.04. The molecule has 5 nitrogen and oxygen atoms in total. The van der Waals surface area contributed by atoms with Crippen LogP contribution in [0.4, 0.5) is 0 Å². The van der Waals surface area contributed by atoms with Crippen molar-refractivity contribution in [3.8, 4) is 11.1 Å². The number of nitrogens with one attached hydrogen (secondary N) is 1. The van der Waals surface area contributed by atoms with Gasteiger partial charge in [0, 0.05) is 59.4 Å². The summed E-state index contributed by atoms with van der Waals surface area (Å²) in [6, 6.07) is 46.7. The van der Waals surface area contributed by atoms with Crippen LogP contribution in [0.2, 0.25) is 0 Å². The number of amidine groups is 2. The van der Waals surface area contributed by atoms with Crippen molar-refractivity contribution in [3.63, 3.8) is 0 Å². The number of pyridine rings is 1. The number of rotatable bonds is 4. The monoisotopic (exact) mass is 634 g/mol. The third-order valence-electron chi connectivity index (χ3n) is 9.24. The first-order valence-electron chi connectivity index (χ1n) is 16.0. The highest BCUT2D eigenvalue weighted by Crippen LogP contribution is 2.44. The van der Waals surface area contributed by atoms with E-state index in [0.717, 1.165) is 55.6 Å². The average molecular weight is 635 g/mol. The normalized spacial score (nSPS) is 14.9. The summed E-state index contributed by atoms with van der Waals surface area (Å²) < 4.78 is 9.21. The van der Waals surface area contributed by atoms with Gasteiger partial charge in [-0.2, -0.15) is 0 Å². The second kappa shape index (κ2) is 10.7. The molecule has 3 aromatic heterocycles. The van der Waals surface area contributed by atoms with E-state index in [1.807, 2.05) is 41.8 Å². The first kappa shape index (κ1) is 27.0. The number of aromatic nitrogens is 1. The van der Waals surface area contributed by atoms with Gasteiger partial charge in [0.25, 0.3) is 0 Å². The molecule has 6 aromatic carbocycles. The van der Waals surface area contributed by atoms with E-state index in [0.29, 0.717) is 5.84 Å². The van der Waals surface area contributed by atoms with Crippen LogP contribution in [0.5, 0.6) is 0 Å². The van der Waals surface area contributed by atoms with Crippen molar-refractivity contribution in [2.75, 3.05) is 0 Å². The lowest BCUT2D eigenvalue weighted by Crippen LogP contribution is -2.33. The highest BCUT2D eigenvalue weighted by Gasteiger charge is 2.26. The Morgan fingerprint density at radius 2 is 1.46 bits per heavy atom. The Bertz CT molecular complexity index is 2780. The summed E-state index contributed by atoms with van der Waals surface area (Å²) in [7, 11) is 0. The molecule has 0 amide bonds. The van der Waals surface area contributed by atoms with Crippen LogP contribution in [0, 0.1) is 0 Å². The largest absolute Gasteiger partial charge is 0.454 e. The third kappa shape index (κ3) is 4.27. The topological polar surface area (TPSA) is 62.8 Å². The zero-order valence-electron chi connectivity index (χ0n) is 25.6. The quantitative estimate of drug-likeness (QED) is 0.210. The van der Waals surface area contributed by atoms with E-state index in [1.54, 1.807) is 6.20 Å². The Balaban J connectivity index is 1.19. The first-order chi connectivity index (χ1) is 23.8. The number of hydrogen-bond donors (Lipinski definition) is 1. The Labute approximate surface area is 279 Å². The number of thiophene rings is 1. The van der Waals surface area contributed by atoms with Gasteiger partial charge in [-0.05, 0) is 46.7 Å². The number of furan rings is 1. The summed E-state index contributed by atoms with van der Waals surface area (Å²) in [5.41, 5.74) is 6.74. The average Bonchev–Trinajstić information content (AvgIpc) is 3.74. The highest BCUT2D eigenvalue weighted by molar-refractivity contribution is 7.26. The van der Waals surface area contributed by atoms with Gasteiger partial charge in [-0.3, -0.25) is 4.98 Å². The molecule has 10 rings (SSSR count). The SMILES string of the molecule is c1ccc(C2=NC(c3ccc4ccccc4c3)NC(c3ccc(-c4cccc5c4sc4ccccc45)c4oc5cnccc5c34)=N2)cc1. The minimum absolute atomic E-state index is 0.334. The van der Waals surface area contributed by atoms with Crippen LogP contribution in [-0.4, -0.2) is 16.7 Å². The molecule has 0 bridgehead atoms. The second-order valence-corrected chi connectivity index (χ2v) is 13.1. The second-order valence-electron chi connectivity index (χ2n) is 12.1. The van der Waals surface area contributed by atoms with E-state index in [2.05, 4.69) is 119 Å². The molecule has 0 fully saturated rings. The van der Waals surface area contributed by atoms with Gasteiger partial charge >= 0.3 is 0 Å². The van der Waals surface area contributed by atoms with Crippen LogP contribution >= 0.6 is 11.3 Å². The molecular weight excluding hydrogens is 609 g/mol. The molecule has 0 saturated carbocycles. The molecule has 0 saturated heterocycles. The highest BCUT2D eigenvalue weighted by atomic mass is 32.1. The van der Waals surface area contributed by atoms with Gasteiger partial charge in [0.1, 0.15) is 17.6 Å². The first-order valence-corrected chi connectivity index (χ1v) is 16.8. The van der Waals surface area contributed by atoms with Crippen LogP contribution in [0.1, 0.15) is 22.9 Å². The van der Waals surface area contributed by atoms with Gasteiger partial charge in [0.05, 0.1) is 6.20 Å². The summed E-state index contributed by atoms with van der Waals surface area (Å²) in [5, 5.41) is 10.6. The van der Waals surface area contributed by atoms with Crippen molar-refractivity contribution in [2.24, 2.45) is 9.98 Å². The number of aliphatic imine (C=N–C) groups is 2. The van der Waals surface area contributed by atoms with Crippen molar-refractivity contribution < 1.29 is 4.42 Å². The lowest BCUT2D eigenvalue weighted by atomic mass is 9.96. The van der Waals surface area contributed by atoms with E-state index in [-0.39, 0.29) is 6.17 Å². The molecule has 0 spiro atoms. The van der Waals surface area contributed by atoms with Gasteiger partial charge < -0.3 is 9.73 Å². The Morgan fingerprint density at radius 3 is 2.40 bits per heavy atom. The number of benzene rings is 6. The third-order valence-corrected chi connectivity index (χ3v) is 10.5. The predicted octanol–water partition coefficient (Wildman–Crippen LogP) is 10.7. The maximum absolute atomic E-state index is 6.69. The number of hydrogen-bond acceptors (Lipinski definition) is 6. The summed E-state index contributed by atoms with van der Waals surface area (Å²) in [6.45, 7) is 0. The number of nitrogens with zero attached hydrogens (tertiary/aromatic N) is 3. The molecule has 9 aromatic rings. The smallest absolute Gasteiger partial charge is 0.159 e. The molecule has 1 unspecified atom stereocenters. The van der Waals surface area contributed by atoms with Crippen LogP contribution in [0.15, 0.2) is 160 Å².